The first-order chi connectivity index (χ1) is 10.5. The molecule has 1 unspecified atom stereocenters. The van der Waals surface area contributed by atoms with Gasteiger partial charge in [0.15, 0.2) is 0 Å². The van der Waals surface area contributed by atoms with Gasteiger partial charge in [0, 0.05) is 22.3 Å². The number of hydrogen-bond donors (Lipinski definition) is 0. The van der Waals surface area contributed by atoms with Crippen LogP contribution in [0.15, 0.2) is 34.8 Å². The molecule has 2 heterocycles. The van der Waals surface area contributed by atoms with Gasteiger partial charge < -0.3 is 9.30 Å². The summed E-state index contributed by atoms with van der Waals surface area (Å²) < 4.78 is 20.5. The summed E-state index contributed by atoms with van der Waals surface area (Å²) in [6.45, 7) is 0.553. The van der Waals surface area contributed by atoms with Crippen molar-refractivity contribution in [1.82, 2.24) is 4.57 Å². The third-order valence-electron chi connectivity index (χ3n) is 3.87. The molecule has 1 atom stereocenters. The molecule has 2 aromatic rings. The van der Waals surface area contributed by atoms with E-state index in [2.05, 4.69) is 15.9 Å². The Balaban J connectivity index is 2.03. The van der Waals surface area contributed by atoms with Crippen LogP contribution in [0.3, 0.4) is 0 Å². The van der Waals surface area contributed by atoms with Crippen LogP contribution in [0.5, 0.6) is 0 Å². The van der Waals surface area contributed by atoms with Crippen LogP contribution in [0.25, 0.3) is 0 Å². The number of hydrogen-bond acceptors (Lipinski definition) is 3. The molecule has 1 aliphatic rings. The van der Waals surface area contributed by atoms with Crippen LogP contribution >= 0.6 is 15.9 Å². The lowest BCUT2D eigenvalue weighted by atomic mass is 10.1. The molecule has 6 heteroatoms. The number of rotatable bonds is 3. The van der Waals surface area contributed by atoms with Crippen molar-refractivity contribution >= 4 is 27.7 Å². The zero-order valence-corrected chi connectivity index (χ0v) is 13.4. The summed E-state index contributed by atoms with van der Waals surface area (Å²) in [5.74, 6) is -1.41. The molecular formula is C16H13BrFNO3. The number of halogens is 2. The van der Waals surface area contributed by atoms with Crippen molar-refractivity contribution in [3.63, 3.8) is 0 Å². The first-order valence-electron chi connectivity index (χ1n) is 6.80. The number of nitrogens with zero attached hydrogens (tertiary/aromatic N) is 1. The average molecular weight is 366 g/mol. The number of ether oxygens (including phenoxy) is 1. The second-order valence-electron chi connectivity index (χ2n) is 5.12. The Labute approximate surface area is 135 Å². The lowest BCUT2D eigenvalue weighted by Crippen LogP contribution is -2.12. The van der Waals surface area contributed by atoms with Gasteiger partial charge in [-0.1, -0.05) is 12.1 Å². The number of fused-ring (bicyclic) bond motifs is 1. The fourth-order valence-corrected chi connectivity index (χ4v) is 3.48. The molecule has 0 radical (unpaired) electrons. The van der Waals surface area contributed by atoms with Gasteiger partial charge in [-0.2, -0.15) is 0 Å². The zero-order chi connectivity index (χ0) is 15.9. The van der Waals surface area contributed by atoms with Crippen LogP contribution in [0.1, 0.15) is 34.1 Å². The van der Waals surface area contributed by atoms with Crippen LogP contribution in [-0.4, -0.2) is 23.4 Å². The van der Waals surface area contributed by atoms with E-state index in [0.717, 1.165) is 5.69 Å². The van der Waals surface area contributed by atoms with Crippen LogP contribution in [0.4, 0.5) is 4.39 Å². The summed E-state index contributed by atoms with van der Waals surface area (Å²) in [5, 5.41) is 0. The van der Waals surface area contributed by atoms with Crippen molar-refractivity contribution in [3.8, 4) is 0 Å². The van der Waals surface area contributed by atoms with Crippen LogP contribution < -0.4 is 0 Å². The monoisotopic (exact) mass is 365 g/mol. The highest BCUT2D eigenvalue weighted by Crippen LogP contribution is 2.36. The van der Waals surface area contributed by atoms with Crippen LogP contribution in [0, 0.1) is 5.82 Å². The first kappa shape index (κ1) is 15.0. The van der Waals surface area contributed by atoms with Gasteiger partial charge in [0.1, 0.15) is 11.5 Å². The second kappa shape index (κ2) is 5.68. The number of carbonyl (C=O) groups excluding carboxylic acids is 2. The minimum absolute atomic E-state index is 0.275. The van der Waals surface area contributed by atoms with Crippen molar-refractivity contribution in [2.45, 2.75) is 18.9 Å². The highest BCUT2D eigenvalue weighted by atomic mass is 79.9. The Kier molecular flexibility index (Phi) is 3.87. The standard InChI is InChI=1S/C16H13BrFNO3/c1-22-16(21)11-5-6-19-13(11)8-12(17)14(19)15(20)9-3-2-4-10(18)7-9/h2-4,7-8,11H,5-6H2,1H3. The maximum Gasteiger partial charge on any atom is 0.314 e. The topological polar surface area (TPSA) is 48.3 Å². The average Bonchev–Trinajstić information content (AvgIpc) is 3.03. The third-order valence-corrected chi connectivity index (χ3v) is 4.47. The van der Waals surface area contributed by atoms with Crippen LogP contribution in [-0.2, 0) is 16.1 Å². The summed E-state index contributed by atoms with van der Waals surface area (Å²) in [6, 6.07) is 7.34. The van der Waals surface area contributed by atoms with Gasteiger partial charge in [-0.25, -0.2) is 4.39 Å². The second-order valence-corrected chi connectivity index (χ2v) is 5.98. The number of aromatic nitrogens is 1. The summed E-state index contributed by atoms with van der Waals surface area (Å²) in [7, 11) is 1.35. The molecule has 22 heavy (non-hydrogen) atoms. The van der Waals surface area contributed by atoms with E-state index in [9.17, 15) is 14.0 Å². The molecule has 0 fully saturated rings. The predicted molar refractivity (Wildman–Crippen MR) is 81.3 cm³/mol. The quantitative estimate of drug-likeness (QED) is 0.619. The van der Waals surface area contributed by atoms with Gasteiger partial charge in [0.25, 0.3) is 0 Å². The number of carbonyl (C=O) groups is 2. The van der Waals surface area contributed by atoms with E-state index in [1.807, 2.05) is 0 Å². The van der Waals surface area contributed by atoms with Gasteiger partial charge in [0.05, 0.1) is 13.0 Å². The van der Waals surface area contributed by atoms with Crippen molar-refractivity contribution in [2.75, 3.05) is 7.11 Å². The molecule has 4 nitrogen and oxygen atoms in total. The van der Waals surface area contributed by atoms with Gasteiger partial charge in [-0.3, -0.25) is 9.59 Å². The lowest BCUT2D eigenvalue weighted by Gasteiger charge is -2.07. The van der Waals surface area contributed by atoms with Gasteiger partial charge in [-0.05, 0) is 40.5 Å². The van der Waals surface area contributed by atoms with E-state index in [0.29, 0.717) is 23.1 Å². The number of esters is 1. The van der Waals surface area contributed by atoms with E-state index >= 15 is 0 Å². The van der Waals surface area contributed by atoms with E-state index in [1.54, 1.807) is 16.7 Å². The molecule has 114 valence electrons. The summed E-state index contributed by atoms with van der Waals surface area (Å²) in [5.41, 5.74) is 1.47. The van der Waals surface area contributed by atoms with E-state index in [-0.39, 0.29) is 23.2 Å². The minimum atomic E-state index is -0.456. The van der Waals surface area contributed by atoms with Gasteiger partial charge >= 0.3 is 5.97 Å². The Morgan fingerprint density at radius 2 is 2.14 bits per heavy atom. The molecule has 1 aliphatic heterocycles. The molecule has 3 rings (SSSR count). The molecular weight excluding hydrogens is 353 g/mol. The molecule has 0 bridgehead atoms. The third kappa shape index (κ3) is 2.37. The first-order valence-corrected chi connectivity index (χ1v) is 7.59. The predicted octanol–water partition coefficient (Wildman–Crippen LogP) is 3.28. The van der Waals surface area contributed by atoms with E-state index < -0.39 is 5.82 Å². The maximum atomic E-state index is 13.3. The summed E-state index contributed by atoms with van der Waals surface area (Å²) in [4.78, 5) is 24.4. The molecule has 0 saturated carbocycles. The largest absolute Gasteiger partial charge is 0.469 e. The minimum Gasteiger partial charge on any atom is -0.469 e. The molecule has 1 aromatic heterocycles. The van der Waals surface area contributed by atoms with Crippen molar-refractivity contribution in [3.05, 3.63) is 57.6 Å². The van der Waals surface area contributed by atoms with Crippen molar-refractivity contribution < 1.29 is 18.7 Å². The molecule has 1 aromatic carbocycles. The Hall–Kier alpha value is -1.95. The number of methoxy groups -OCH3 is 1. The highest BCUT2D eigenvalue weighted by Gasteiger charge is 2.34. The SMILES string of the molecule is COC(=O)C1CCn2c1cc(Br)c2C(=O)c1cccc(F)c1. The normalized spacial score (nSPS) is 16.4. The molecule has 0 amide bonds. The number of ketones is 1. The Morgan fingerprint density at radius 3 is 2.82 bits per heavy atom. The van der Waals surface area contributed by atoms with Crippen LogP contribution in [0.2, 0.25) is 0 Å². The Bertz CT molecular complexity index is 769. The fraction of sp³-hybridized carbons (Fsp3) is 0.250. The fourth-order valence-electron chi connectivity index (χ4n) is 2.85. The van der Waals surface area contributed by atoms with Gasteiger partial charge in [0.2, 0.25) is 5.78 Å². The Morgan fingerprint density at radius 1 is 1.36 bits per heavy atom. The van der Waals surface area contributed by atoms with E-state index in [1.165, 1.54) is 25.3 Å². The highest BCUT2D eigenvalue weighted by molar-refractivity contribution is 9.10. The molecule has 0 saturated heterocycles. The van der Waals surface area contributed by atoms with Gasteiger partial charge in [-0.15, -0.1) is 0 Å². The molecule has 0 aliphatic carbocycles. The molecule has 0 spiro atoms. The maximum absolute atomic E-state index is 13.3. The van der Waals surface area contributed by atoms with E-state index in [4.69, 9.17) is 4.74 Å². The molecule has 0 N–H and O–H groups in total. The van der Waals surface area contributed by atoms with Crippen molar-refractivity contribution in [2.24, 2.45) is 0 Å². The zero-order valence-electron chi connectivity index (χ0n) is 11.8. The van der Waals surface area contributed by atoms with Crippen molar-refractivity contribution in [1.29, 1.82) is 0 Å². The smallest absolute Gasteiger partial charge is 0.314 e. The number of benzene rings is 1. The lowest BCUT2D eigenvalue weighted by molar-refractivity contribution is -0.142. The summed E-state index contributed by atoms with van der Waals surface area (Å²) >= 11 is 3.37. The summed E-state index contributed by atoms with van der Waals surface area (Å²) in [6.07, 6.45) is 0.596.